The van der Waals surface area contributed by atoms with Crippen LogP contribution in [0.5, 0.6) is 5.75 Å². The molecular weight excluding hydrogens is 262 g/mol. The largest absolute Gasteiger partial charge is 0.483 e. The maximum Gasteiger partial charge on any atom is 0.264 e. The van der Waals surface area contributed by atoms with Crippen LogP contribution in [0.25, 0.3) is 0 Å². The third-order valence-electron chi connectivity index (χ3n) is 2.38. The molecule has 0 aliphatic carbocycles. The Morgan fingerprint density at radius 3 is 3.00 bits per heavy atom. The fourth-order valence-corrected chi connectivity index (χ4v) is 2.11. The van der Waals surface area contributed by atoms with Crippen molar-refractivity contribution in [2.45, 2.75) is 6.54 Å². The molecule has 1 amide bonds. The van der Waals surface area contributed by atoms with E-state index in [1.54, 1.807) is 11.6 Å². The van der Waals surface area contributed by atoms with Crippen LogP contribution < -0.4 is 15.4 Å². The summed E-state index contributed by atoms with van der Waals surface area (Å²) in [6, 6.07) is 7.64. The second kappa shape index (κ2) is 6.86. The summed E-state index contributed by atoms with van der Waals surface area (Å²) in [6.45, 7) is 0.671. The van der Waals surface area contributed by atoms with Crippen molar-refractivity contribution in [1.82, 2.24) is 10.3 Å². The number of amides is 1. The number of thiazole rings is 1. The van der Waals surface area contributed by atoms with Crippen LogP contribution in [0.15, 0.2) is 35.8 Å². The monoisotopic (exact) mass is 277 g/mol. The van der Waals surface area contributed by atoms with E-state index in [1.807, 2.05) is 31.3 Å². The molecule has 2 rings (SSSR count). The number of ether oxygens (including phenoxy) is 1. The molecule has 0 radical (unpaired) electrons. The van der Waals surface area contributed by atoms with E-state index >= 15 is 0 Å². The molecular formula is C13H15N3O2S. The minimum absolute atomic E-state index is 0.0275. The molecule has 0 fully saturated rings. The zero-order valence-electron chi connectivity index (χ0n) is 10.6. The fraction of sp³-hybridized carbons (Fsp3) is 0.231. The lowest BCUT2D eigenvalue weighted by atomic mass is 10.2. The van der Waals surface area contributed by atoms with Crippen LogP contribution in [0, 0.1) is 0 Å². The van der Waals surface area contributed by atoms with E-state index in [0.29, 0.717) is 17.4 Å². The molecule has 0 unspecified atom stereocenters. The number of benzene rings is 1. The molecule has 2 aromatic rings. The summed E-state index contributed by atoms with van der Waals surface area (Å²) in [7, 11) is 1.87. The number of carbonyl (C=O) groups excluding carboxylic acids is 1. The molecule has 19 heavy (non-hydrogen) atoms. The van der Waals surface area contributed by atoms with E-state index in [2.05, 4.69) is 15.6 Å². The summed E-state index contributed by atoms with van der Waals surface area (Å²) in [5.74, 6) is 0.500. The molecule has 0 saturated carbocycles. The summed E-state index contributed by atoms with van der Waals surface area (Å²) >= 11 is 1.38. The average Bonchev–Trinajstić information content (AvgIpc) is 2.91. The van der Waals surface area contributed by atoms with E-state index in [9.17, 15) is 4.79 Å². The Hall–Kier alpha value is -1.92. The highest BCUT2D eigenvalue weighted by Gasteiger charge is 2.07. The van der Waals surface area contributed by atoms with Gasteiger partial charge in [0.05, 0.1) is 0 Å². The standard InChI is InChI=1S/C13H15N3O2S/c1-14-8-10-4-2-3-5-11(10)18-9-12(17)16-13-15-6-7-19-13/h2-7,14H,8-9H2,1H3,(H,15,16,17). The molecule has 0 saturated heterocycles. The molecule has 0 aliphatic heterocycles. The van der Waals surface area contributed by atoms with Crippen molar-refractivity contribution >= 4 is 22.4 Å². The number of carbonyl (C=O) groups is 1. The lowest BCUT2D eigenvalue weighted by Gasteiger charge is -2.10. The van der Waals surface area contributed by atoms with Gasteiger partial charge in [-0.25, -0.2) is 4.98 Å². The number of hydrogen-bond acceptors (Lipinski definition) is 5. The molecule has 5 nitrogen and oxygen atoms in total. The first-order chi connectivity index (χ1) is 9.29. The van der Waals surface area contributed by atoms with Crippen molar-refractivity contribution in [3.05, 3.63) is 41.4 Å². The number of nitrogens with zero attached hydrogens (tertiary/aromatic N) is 1. The zero-order chi connectivity index (χ0) is 13.5. The van der Waals surface area contributed by atoms with Gasteiger partial charge in [0.1, 0.15) is 5.75 Å². The maximum atomic E-state index is 11.7. The van der Waals surface area contributed by atoms with Crippen LogP contribution in [-0.2, 0) is 11.3 Å². The Kier molecular flexibility index (Phi) is 4.88. The molecule has 2 N–H and O–H groups in total. The molecule has 100 valence electrons. The summed E-state index contributed by atoms with van der Waals surface area (Å²) in [5, 5.41) is 8.12. The van der Waals surface area contributed by atoms with Crippen molar-refractivity contribution < 1.29 is 9.53 Å². The summed E-state index contributed by atoms with van der Waals surface area (Å²) in [6.07, 6.45) is 1.64. The minimum atomic E-state index is -0.214. The third-order valence-corrected chi connectivity index (χ3v) is 3.07. The van der Waals surface area contributed by atoms with E-state index in [-0.39, 0.29) is 12.5 Å². The van der Waals surface area contributed by atoms with Gasteiger partial charge in [-0.2, -0.15) is 0 Å². The lowest BCUT2D eigenvalue weighted by molar-refractivity contribution is -0.118. The van der Waals surface area contributed by atoms with Crippen molar-refractivity contribution in [3.8, 4) is 5.75 Å². The Labute approximate surface area is 115 Å². The molecule has 0 aliphatic rings. The van der Waals surface area contributed by atoms with Crippen LogP contribution in [0.3, 0.4) is 0 Å². The van der Waals surface area contributed by atoms with Crippen molar-refractivity contribution in [2.75, 3.05) is 19.0 Å². The number of hydrogen-bond donors (Lipinski definition) is 2. The highest BCUT2D eigenvalue weighted by atomic mass is 32.1. The van der Waals surface area contributed by atoms with Gasteiger partial charge in [0, 0.05) is 23.7 Å². The van der Waals surface area contributed by atoms with Gasteiger partial charge in [0.15, 0.2) is 11.7 Å². The second-order valence-corrected chi connectivity index (χ2v) is 4.71. The topological polar surface area (TPSA) is 63.2 Å². The SMILES string of the molecule is CNCc1ccccc1OCC(=O)Nc1nccs1. The lowest BCUT2D eigenvalue weighted by Crippen LogP contribution is -2.20. The Morgan fingerprint density at radius 2 is 2.26 bits per heavy atom. The minimum Gasteiger partial charge on any atom is -0.483 e. The van der Waals surface area contributed by atoms with Gasteiger partial charge in [0.2, 0.25) is 0 Å². The fourth-order valence-electron chi connectivity index (χ4n) is 1.56. The maximum absolute atomic E-state index is 11.7. The van der Waals surface area contributed by atoms with Gasteiger partial charge >= 0.3 is 0 Å². The Morgan fingerprint density at radius 1 is 1.42 bits per heavy atom. The highest BCUT2D eigenvalue weighted by Crippen LogP contribution is 2.17. The number of anilines is 1. The summed E-state index contributed by atoms with van der Waals surface area (Å²) in [5.41, 5.74) is 1.02. The number of rotatable bonds is 6. The number of nitrogens with one attached hydrogen (secondary N) is 2. The molecule has 1 aromatic carbocycles. The Balaban J connectivity index is 1.89. The van der Waals surface area contributed by atoms with Gasteiger partial charge in [-0.05, 0) is 13.1 Å². The number of para-hydroxylation sites is 1. The van der Waals surface area contributed by atoms with Crippen LogP contribution in [0.4, 0.5) is 5.13 Å². The molecule has 0 spiro atoms. The first-order valence-electron chi connectivity index (χ1n) is 5.84. The summed E-state index contributed by atoms with van der Waals surface area (Å²) < 4.78 is 5.53. The van der Waals surface area contributed by atoms with Gasteiger partial charge in [0.25, 0.3) is 5.91 Å². The normalized spacial score (nSPS) is 10.2. The van der Waals surface area contributed by atoms with E-state index in [1.165, 1.54) is 11.3 Å². The van der Waals surface area contributed by atoms with Crippen LogP contribution in [0.2, 0.25) is 0 Å². The van der Waals surface area contributed by atoms with Crippen LogP contribution >= 0.6 is 11.3 Å². The zero-order valence-corrected chi connectivity index (χ0v) is 11.4. The Bertz CT molecular complexity index is 528. The van der Waals surface area contributed by atoms with Gasteiger partial charge in [-0.1, -0.05) is 18.2 Å². The predicted molar refractivity (Wildman–Crippen MR) is 75.4 cm³/mol. The molecule has 0 atom stereocenters. The van der Waals surface area contributed by atoms with Crippen molar-refractivity contribution in [2.24, 2.45) is 0 Å². The summed E-state index contributed by atoms with van der Waals surface area (Å²) in [4.78, 5) is 15.6. The molecule has 1 aromatic heterocycles. The van der Waals surface area contributed by atoms with E-state index in [0.717, 1.165) is 5.56 Å². The molecule has 1 heterocycles. The van der Waals surface area contributed by atoms with Crippen molar-refractivity contribution in [1.29, 1.82) is 0 Å². The average molecular weight is 277 g/mol. The quantitative estimate of drug-likeness (QED) is 0.846. The third kappa shape index (κ3) is 4.04. The molecule has 0 bridgehead atoms. The van der Waals surface area contributed by atoms with E-state index < -0.39 is 0 Å². The predicted octanol–water partition coefficient (Wildman–Crippen LogP) is 1.88. The molecule has 6 heteroatoms. The van der Waals surface area contributed by atoms with Gasteiger partial charge in [-0.15, -0.1) is 11.3 Å². The highest BCUT2D eigenvalue weighted by molar-refractivity contribution is 7.13. The van der Waals surface area contributed by atoms with Gasteiger partial charge in [-0.3, -0.25) is 10.1 Å². The van der Waals surface area contributed by atoms with Crippen LogP contribution in [-0.4, -0.2) is 24.5 Å². The second-order valence-electron chi connectivity index (χ2n) is 3.81. The first kappa shape index (κ1) is 13.5. The van der Waals surface area contributed by atoms with Crippen LogP contribution in [0.1, 0.15) is 5.56 Å². The smallest absolute Gasteiger partial charge is 0.264 e. The van der Waals surface area contributed by atoms with Crippen molar-refractivity contribution in [3.63, 3.8) is 0 Å². The first-order valence-corrected chi connectivity index (χ1v) is 6.72. The van der Waals surface area contributed by atoms with Gasteiger partial charge < -0.3 is 10.1 Å². The number of aromatic nitrogens is 1. The van der Waals surface area contributed by atoms with E-state index in [4.69, 9.17) is 4.74 Å².